The number of carbonyl (C=O) groups is 2. The van der Waals surface area contributed by atoms with Crippen molar-refractivity contribution < 1.29 is 27.9 Å². The molecule has 252 valence electrons. The van der Waals surface area contributed by atoms with Gasteiger partial charge in [-0.15, -0.1) is 0 Å². The van der Waals surface area contributed by atoms with E-state index in [0.29, 0.717) is 43.8 Å². The Bertz CT molecular complexity index is 1570. The van der Waals surface area contributed by atoms with Gasteiger partial charge in [-0.1, -0.05) is 38.4 Å². The van der Waals surface area contributed by atoms with Gasteiger partial charge in [0.05, 0.1) is 49.4 Å². The number of aromatic nitrogens is 3. The Morgan fingerprint density at radius 2 is 1.89 bits per heavy atom. The van der Waals surface area contributed by atoms with E-state index in [4.69, 9.17) is 25.5 Å². The maximum absolute atomic E-state index is 15.9. The Balaban J connectivity index is 1.81. The summed E-state index contributed by atoms with van der Waals surface area (Å²) in [4.78, 5) is 32.5. The molecule has 46 heavy (non-hydrogen) atoms. The first-order valence-corrected chi connectivity index (χ1v) is 18.7. The van der Waals surface area contributed by atoms with Gasteiger partial charge in [0.15, 0.2) is 14.1 Å². The minimum Gasteiger partial charge on any atom is -0.444 e. The number of ether oxygens (including phenoxy) is 2. The molecule has 0 radical (unpaired) electrons. The summed E-state index contributed by atoms with van der Waals surface area (Å²) >= 11 is 6.06. The van der Waals surface area contributed by atoms with Crippen LogP contribution in [0.4, 0.5) is 20.6 Å². The van der Waals surface area contributed by atoms with Crippen LogP contribution in [-0.4, -0.2) is 79.6 Å². The first-order valence-electron chi connectivity index (χ1n) is 15.4. The third kappa shape index (κ3) is 8.36. The molecule has 2 atom stereocenters. The lowest BCUT2D eigenvalue weighted by Gasteiger charge is -2.38. The summed E-state index contributed by atoms with van der Waals surface area (Å²) in [7, 11) is -0.602. The largest absolute Gasteiger partial charge is 0.444 e. The van der Waals surface area contributed by atoms with Gasteiger partial charge in [0.25, 0.3) is 5.91 Å². The van der Waals surface area contributed by atoms with E-state index < -0.39 is 31.7 Å². The van der Waals surface area contributed by atoms with Crippen LogP contribution in [-0.2, 0) is 20.4 Å². The summed E-state index contributed by atoms with van der Waals surface area (Å²) in [5.41, 5.74) is 0.488. The first-order chi connectivity index (χ1) is 21.4. The van der Waals surface area contributed by atoms with Crippen molar-refractivity contribution in [3.05, 3.63) is 47.1 Å². The minimum atomic E-state index is -2.17. The summed E-state index contributed by atoms with van der Waals surface area (Å²) in [6, 6.07) is 5.47. The van der Waals surface area contributed by atoms with Crippen LogP contribution in [0.1, 0.15) is 58.5 Å². The molecule has 0 bridgehead atoms. The molecule has 2 N–H and O–H groups in total. The van der Waals surface area contributed by atoms with Gasteiger partial charge in [-0.2, -0.15) is 5.10 Å². The number of methoxy groups -OCH3 is 1. The van der Waals surface area contributed by atoms with Gasteiger partial charge in [-0.05, 0) is 57.5 Å². The van der Waals surface area contributed by atoms with Gasteiger partial charge in [-0.3, -0.25) is 9.48 Å². The molecule has 1 saturated heterocycles. The highest BCUT2D eigenvalue weighted by Crippen LogP contribution is 2.42. The number of alkyl carbamates (subject to hydrolysis) is 1. The topological polar surface area (TPSA) is 120 Å². The predicted octanol–water partition coefficient (Wildman–Crippen LogP) is 6.62. The van der Waals surface area contributed by atoms with Crippen molar-refractivity contribution in [3.8, 4) is 0 Å². The number of benzene rings is 1. The Labute approximate surface area is 276 Å². The Morgan fingerprint density at radius 1 is 1.17 bits per heavy atom. The molecule has 3 heterocycles. The normalized spacial score (nSPS) is 17.4. The Morgan fingerprint density at radius 3 is 2.52 bits per heavy atom. The van der Waals surface area contributed by atoms with Crippen LogP contribution >= 0.6 is 11.6 Å². The molecular formula is C32H46ClFN6O5Si. The molecule has 1 fully saturated rings. The van der Waals surface area contributed by atoms with E-state index >= 15 is 4.39 Å². The zero-order valence-corrected chi connectivity index (χ0v) is 29.9. The summed E-state index contributed by atoms with van der Waals surface area (Å²) in [5, 5.41) is 11.0. The highest BCUT2D eigenvalue weighted by Gasteiger charge is 2.41. The van der Waals surface area contributed by atoms with Crippen LogP contribution in [0.2, 0.25) is 23.3 Å². The molecule has 0 unspecified atom stereocenters. The number of amides is 2. The second-order valence-electron chi connectivity index (χ2n) is 14.1. The van der Waals surface area contributed by atoms with Crippen molar-refractivity contribution in [2.75, 3.05) is 37.1 Å². The van der Waals surface area contributed by atoms with Gasteiger partial charge in [0, 0.05) is 25.1 Å². The number of anilines is 2. The quantitative estimate of drug-likeness (QED) is 0.182. The van der Waals surface area contributed by atoms with Crippen LogP contribution in [0.3, 0.4) is 0 Å². The molecule has 11 nitrogen and oxygen atoms in total. The van der Waals surface area contributed by atoms with Gasteiger partial charge in [-0.25, -0.2) is 14.2 Å². The SMILES string of the molecule is COCCn1ncc2c(N3C[C@@H](NC(=O)OC(C)(C)C)C[C@H]3CO[Si](C)(C)C(C)(C)C)c(NC(=O)c3cccc(Cl)n3)cc(F)c21. The van der Waals surface area contributed by atoms with Crippen molar-refractivity contribution in [1.29, 1.82) is 0 Å². The van der Waals surface area contributed by atoms with Gasteiger partial charge in [0.1, 0.15) is 22.0 Å². The molecule has 0 saturated carbocycles. The standard InChI is InChI=1S/C32H46ClFN6O5Si/c1-31(2,3)45-30(42)36-20-15-21(19-44-46(8,9)32(4,5)6)39(18-20)28-22-17-35-40(13-14-43-7)27(22)23(34)16-25(28)38-29(41)24-11-10-12-26(33)37-24/h10-12,16-17,20-21H,13-15,18-19H2,1-9H3,(H,36,42)(H,38,41)/t20-,21-/m0/s1. The van der Waals surface area contributed by atoms with E-state index in [1.54, 1.807) is 30.1 Å². The number of hydrogen-bond acceptors (Lipinski definition) is 8. The smallest absolute Gasteiger partial charge is 0.407 e. The van der Waals surface area contributed by atoms with Gasteiger partial charge >= 0.3 is 6.09 Å². The van der Waals surface area contributed by atoms with Crippen LogP contribution in [0.25, 0.3) is 10.9 Å². The predicted molar refractivity (Wildman–Crippen MR) is 181 cm³/mol. The minimum absolute atomic E-state index is 0.0284. The van der Waals surface area contributed by atoms with Crippen molar-refractivity contribution in [2.45, 2.75) is 90.3 Å². The molecule has 14 heteroatoms. The lowest BCUT2D eigenvalue weighted by molar-refractivity contribution is 0.0507. The average molecular weight is 677 g/mol. The van der Waals surface area contributed by atoms with Crippen molar-refractivity contribution in [1.82, 2.24) is 20.1 Å². The van der Waals surface area contributed by atoms with E-state index in [9.17, 15) is 9.59 Å². The Hall–Kier alpha value is -3.26. The monoisotopic (exact) mass is 676 g/mol. The molecule has 4 rings (SSSR count). The molecule has 1 aromatic carbocycles. The van der Waals surface area contributed by atoms with Crippen LogP contribution in [0.5, 0.6) is 0 Å². The maximum atomic E-state index is 15.9. The second kappa shape index (κ2) is 13.8. The average Bonchev–Trinajstić information content (AvgIpc) is 3.53. The zero-order chi connectivity index (χ0) is 34.0. The zero-order valence-electron chi connectivity index (χ0n) is 28.2. The summed E-state index contributed by atoms with van der Waals surface area (Å²) in [6.45, 7) is 17.7. The number of nitrogens with zero attached hydrogens (tertiary/aromatic N) is 4. The number of carbonyl (C=O) groups excluding carboxylic acids is 2. The third-order valence-electron chi connectivity index (χ3n) is 8.42. The molecule has 1 aliphatic heterocycles. The number of fused-ring (bicyclic) bond motifs is 1. The number of hydrogen-bond donors (Lipinski definition) is 2. The second-order valence-corrected chi connectivity index (χ2v) is 19.3. The van der Waals surface area contributed by atoms with E-state index in [-0.39, 0.29) is 39.2 Å². The first kappa shape index (κ1) is 35.6. The van der Waals surface area contributed by atoms with Crippen LogP contribution in [0, 0.1) is 5.82 Å². The summed E-state index contributed by atoms with van der Waals surface area (Å²) < 4.78 is 34.9. The molecule has 3 aromatic rings. The lowest BCUT2D eigenvalue weighted by Crippen LogP contribution is -2.45. The van der Waals surface area contributed by atoms with Gasteiger partial charge < -0.3 is 29.4 Å². The summed E-state index contributed by atoms with van der Waals surface area (Å²) in [5.74, 6) is -1.11. The lowest BCUT2D eigenvalue weighted by atomic mass is 10.1. The highest BCUT2D eigenvalue weighted by molar-refractivity contribution is 6.74. The van der Waals surface area contributed by atoms with Crippen LogP contribution in [0.15, 0.2) is 30.5 Å². The summed E-state index contributed by atoms with van der Waals surface area (Å²) in [6.07, 6.45) is 1.60. The molecule has 0 aliphatic carbocycles. The van der Waals surface area contributed by atoms with E-state index in [1.807, 2.05) is 20.8 Å². The fourth-order valence-corrected chi connectivity index (χ4v) is 6.35. The molecule has 0 spiro atoms. The van der Waals surface area contributed by atoms with Crippen LogP contribution < -0.4 is 15.5 Å². The van der Waals surface area contributed by atoms with E-state index in [1.165, 1.54) is 12.1 Å². The number of nitrogens with one attached hydrogen (secondary N) is 2. The number of rotatable bonds is 10. The number of pyridine rings is 1. The van der Waals surface area contributed by atoms with E-state index in [2.05, 4.69) is 59.5 Å². The fourth-order valence-electron chi connectivity index (χ4n) is 5.14. The Kier molecular flexibility index (Phi) is 10.7. The molecule has 1 aliphatic rings. The highest BCUT2D eigenvalue weighted by atomic mass is 35.5. The number of halogens is 2. The molecular weight excluding hydrogens is 631 g/mol. The maximum Gasteiger partial charge on any atom is 0.407 e. The van der Waals surface area contributed by atoms with Crippen molar-refractivity contribution in [3.63, 3.8) is 0 Å². The van der Waals surface area contributed by atoms with Crippen molar-refractivity contribution in [2.24, 2.45) is 0 Å². The van der Waals surface area contributed by atoms with Crippen molar-refractivity contribution >= 4 is 54.2 Å². The fraction of sp³-hybridized carbons (Fsp3) is 0.562. The molecule has 2 amide bonds. The third-order valence-corrected chi connectivity index (χ3v) is 13.1. The molecule has 2 aromatic heterocycles. The van der Waals surface area contributed by atoms with E-state index in [0.717, 1.165) is 0 Å². The van der Waals surface area contributed by atoms with Gasteiger partial charge in [0.2, 0.25) is 0 Å².